The molecule has 0 aromatic heterocycles. The second-order valence-electron chi connectivity index (χ2n) is 3.13. The van der Waals surface area contributed by atoms with E-state index >= 15 is 0 Å². The maximum absolute atomic E-state index is 9.20. The number of halogens is 1. The second kappa shape index (κ2) is 5.34. The first-order chi connectivity index (χ1) is 6.63. The van der Waals surface area contributed by atoms with Crippen molar-refractivity contribution in [3.63, 3.8) is 0 Å². The third-order valence-electron chi connectivity index (χ3n) is 1.79. The Morgan fingerprint density at radius 2 is 2.29 bits per heavy atom. The lowest BCUT2D eigenvalue weighted by molar-refractivity contribution is 0.114. The summed E-state index contributed by atoms with van der Waals surface area (Å²) in [6.07, 6.45) is -0.608. The van der Waals surface area contributed by atoms with E-state index in [-0.39, 0.29) is 13.2 Å². The maximum atomic E-state index is 9.20. The quantitative estimate of drug-likeness (QED) is 0.861. The Morgan fingerprint density at radius 1 is 1.57 bits per heavy atom. The largest absolute Gasteiger partial charge is 0.490 e. The summed E-state index contributed by atoms with van der Waals surface area (Å²) in [5.74, 6) is 0.725. The molecule has 4 heteroatoms. The molecule has 0 aliphatic heterocycles. The summed E-state index contributed by atoms with van der Waals surface area (Å²) < 4.78 is 6.26. The van der Waals surface area contributed by atoms with E-state index in [2.05, 4.69) is 15.9 Å². The van der Waals surface area contributed by atoms with Gasteiger partial charge in [-0.05, 0) is 40.5 Å². The summed E-state index contributed by atoms with van der Waals surface area (Å²) in [6.45, 7) is 2.44. The van der Waals surface area contributed by atoms with Crippen LogP contribution >= 0.6 is 15.9 Å². The van der Waals surface area contributed by atoms with Crippen LogP contribution in [0.5, 0.6) is 5.75 Å². The van der Waals surface area contributed by atoms with Crippen LogP contribution in [0.3, 0.4) is 0 Å². The predicted octanol–water partition coefficient (Wildman–Crippen LogP) is 1.46. The van der Waals surface area contributed by atoms with Crippen LogP contribution in [-0.4, -0.2) is 24.4 Å². The van der Waals surface area contributed by atoms with E-state index in [4.69, 9.17) is 10.5 Å². The van der Waals surface area contributed by atoms with Gasteiger partial charge in [-0.3, -0.25) is 0 Å². The van der Waals surface area contributed by atoms with Gasteiger partial charge < -0.3 is 15.6 Å². The summed E-state index contributed by atoms with van der Waals surface area (Å²) in [6, 6.07) is 5.78. The summed E-state index contributed by atoms with van der Waals surface area (Å²) in [4.78, 5) is 0. The van der Waals surface area contributed by atoms with Crippen LogP contribution < -0.4 is 10.5 Å². The van der Waals surface area contributed by atoms with Gasteiger partial charge in [-0.15, -0.1) is 0 Å². The Bertz CT molecular complexity index is 304. The first-order valence-electron chi connectivity index (χ1n) is 4.40. The molecular formula is C10H14BrNO2. The van der Waals surface area contributed by atoms with Gasteiger partial charge in [0.2, 0.25) is 0 Å². The Hall–Kier alpha value is -0.580. The van der Waals surface area contributed by atoms with Gasteiger partial charge in [-0.25, -0.2) is 0 Å². The molecule has 78 valence electrons. The first-order valence-corrected chi connectivity index (χ1v) is 5.20. The molecule has 3 nitrogen and oxygen atoms in total. The molecule has 0 radical (unpaired) electrons. The number of aliphatic hydroxyl groups is 1. The van der Waals surface area contributed by atoms with Crippen LogP contribution in [0.15, 0.2) is 22.7 Å². The number of aliphatic hydroxyl groups excluding tert-OH is 1. The minimum atomic E-state index is -0.608. The number of nitrogens with two attached hydrogens (primary N) is 1. The Balaban J connectivity index is 2.59. The summed E-state index contributed by atoms with van der Waals surface area (Å²) >= 11 is 3.38. The lowest BCUT2D eigenvalue weighted by atomic mass is 10.2. The van der Waals surface area contributed by atoms with Crippen molar-refractivity contribution in [3.8, 4) is 5.75 Å². The zero-order valence-corrected chi connectivity index (χ0v) is 9.62. The Morgan fingerprint density at radius 3 is 2.86 bits per heavy atom. The summed E-state index contributed by atoms with van der Waals surface area (Å²) in [7, 11) is 0. The molecule has 0 spiro atoms. The van der Waals surface area contributed by atoms with Gasteiger partial charge in [-0.2, -0.15) is 0 Å². The molecule has 3 N–H and O–H groups in total. The highest BCUT2D eigenvalue weighted by Crippen LogP contribution is 2.25. The fraction of sp³-hybridized carbons (Fsp3) is 0.400. The SMILES string of the molecule is Cc1ccc(OCC(O)CN)c(Br)c1. The molecule has 0 aliphatic carbocycles. The van der Waals surface area contributed by atoms with Crippen molar-refractivity contribution in [2.75, 3.05) is 13.2 Å². The van der Waals surface area contributed by atoms with Crippen LogP contribution in [0.1, 0.15) is 5.56 Å². The van der Waals surface area contributed by atoms with E-state index in [0.717, 1.165) is 15.8 Å². The molecule has 1 rings (SSSR count). The van der Waals surface area contributed by atoms with Crippen molar-refractivity contribution in [1.82, 2.24) is 0 Å². The number of ether oxygens (including phenoxy) is 1. The molecule has 0 heterocycles. The lowest BCUT2D eigenvalue weighted by Crippen LogP contribution is -2.26. The molecule has 14 heavy (non-hydrogen) atoms. The monoisotopic (exact) mass is 259 g/mol. The highest BCUT2D eigenvalue weighted by Gasteiger charge is 2.04. The van der Waals surface area contributed by atoms with Crippen molar-refractivity contribution in [2.24, 2.45) is 5.73 Å². The molecule has 1 atom stereocenters. The Kier molecular flexibility index (Phi) is 4.38. The number of hydrogen-bond acceptors (Lipinski definition) is 3. The third kappa shape index (κ3) is 3.29. The second-order valence-corrected chi connectivity index (χ2v) is 3.99. The number of rotatable bonds is 4. The minimum absolute atomic E-state index is 0.212. The lowest BCUT2D eigenvalue weighted by Gasteiger charge is -2.11. The normalized spacial score (nSPS) is 12.6. The topological polar surface area (TPSA) is 55.5 Å². The van der Waals surface area contributed by atoms with E-state index in [1.165, 1.54) is 0 Å². The van der Waals surface area contributed by atoms with E-state index in [9.17, 15) is 5.11 Å². The number of aryl methyl sites for hydroxylation is 1. The predicted molar refractivity (Wildman–Crippen MR) is 59.4 cm³/mol. The van der Waals surface area contributed by atoms with Gasteiger partial charge in [0.1, 0.15) is 18.5 Å². The molecule has 0 bridgehead atoms. The van der Waals surface area contributed by atoms with Crippen molar-refractivity contribution < 1.29 is 9.84 Å². The third-order valence-corrected chi connectivity index (χ3v) is 2.41. The minimum Gasteiger partial charge on any atom is -0.490 e. The fourth-order valence-corrected chi connectivity index (χ4v) is 1.58. The molecule has 0 saturated heterocycles. The zero-order valence-electron chi connectivity index (χ0n) is 8.03. The van der Waals surface area contributed by atoms with Crippen molar-refractivity contribution in [3.05, 3.63) is 28.2 Å². The standard InChI is InChI=1S/C10H14BrNO2/c1-7-2-3-10(9(11)4-7)14-6-8(13)5-12/h2-4,8,13H,5-6,12H2,1H3. The molecule has 0 fully saturated rings. The molecule has 0 amide bonds. The highest BCUT2D eigenvalue weighted by molar-refractivity contribution is 9.10. The highest BCUT2D eigenvalue weighted by atomic mass is 79.9. The van der Waals surface area contributed by atoms with Crippen molar-refractivity contribution in [2.45, 2.75) is 13.0 Å². The van der Waals surface area contributed by atoms with E-state index in [1.807, 2.05) is 25.1 Å². The van der Waals surface area contributed by atoms with Gasteiger partial charge in [0.15, 0.2) is 0 Å². The molecule has 1 unspecified atom stereocenters. The van der Waals surface area contributed by atoms with Crippen molar-refractivity contribution >= 4 is 15.9 Å². The number of benzene rings is 1. The molecule has 1 aromatic rings. The molecule has 0 saturated carbocycles. The van der Waals surface area contributed by atoms with Crippen LogP contribution in [0.2, 0.25) is 0 Å². The van der Waals surface area contributed by atoms with E-state index in [0.29, 0.717) is 0 Å². The molecule has 1 aromatic carbocycles. The first kappa shape index (κ1) is 11.5. The molecular weight excluding hydrogens is 246 g/mol. The maximum Gasteiger partial charge on any atom is 0.133 e. The smallest absolute Gasteiger partial charge is 0.133 e. The zero-order chi connectivity index (χ0) is 10.6. The van der Waals surface area contributed by atoms with Gasteiger partial charge >= 0.3 is 0 Å². The van der Waals surface area contributed by atoms with Gasteiger partial charge in [-0.1, -0.05) is 6.07 Å². The van der Waals surface area contributed by atoms with Crippen LogP contribution in [0.25, 0.3) is 0 Å². The van der Waals surface area contributed by atoms with Crippen LogP contribution in [-0.2, 0) is 0 Å². The van der Waals surface area contributed by atoms with E-state index in [1.54, 1.807) is 0 Å². The number of hydrogen-bond donors (Lipinski definition) is 2. The van der Waals surface area contributed by atoms with E-state index < -0.39 is 6.10 Å². The summed E-state index contributed by atoms with van der Waals surface area (Å²) in [5, 5.41) is 9.20. The van der Waals surface area contributed by atoms with Crippen molar-refractivity contribution in [1.29, 1.82) is 0 Å². The average molecular weight is 260 g/mol. The van der Waals surface area contributed by atoms with Crippen LogP contribution in [0.4, 0.5) is 0 Å². The van der Waals surface area contributed by atoms with Gasteiger partial charge in [0.25, 0.3) is 0 Å². The average Bonchev–Trinajstić information content (AvgIpc) is 2.16. The Labute approximate surface area is 92.0 Å². The molecule has 0 aliphatic rings. The fourth-order valence-electron chi connectivity index (χ4n) is 0.977. The van der Waals surface area contributed by atoms with Crippen LogP contribution in [0, 0.1) is 6.92 Å². The van der Waals surface area contributed by atoms with Gasteiger partial charge in [0, 0.05) is 6.54 Å². The summed E-state index contributed by atoms with van der Waals surface area (Å²) in [5.41, 5.74) is 6.41. The van der Waals surface area contributed by atoms with Gasteiger partial charge in [0.05, 0.1) is 4.47 Å².